The second-order valence-electron chi connectivity index (χ2n) is 4.67. The number of carbonyl (C=O) groups excluding carboxylic acids is 1. The first kappa shape index (κ1) is 15.2. The Morgan fingerprint density at radius 1 is 1.29 bits per heavy atom. The molecule has 5 heteroatoms. The molecular weight excluding hydrogens is 288 g/mol. The van der Waals surface area contributed by atoms with Crippen LogP contribution in [0.25, 0.3) is 0 Å². The summed E-state index contributed by atoms with van der Waals surface area (Å²) in [5.41, 5.74) is 7.52. The molecular formula is C16H17ClN2O2. The van der Waals surface area contributed by atoms with Gasteiger partial charge >= 0.3 is 0 Å². The molecule has 0 fully saturated rings. The number of carbonyl (C=O) groups is 1. The third-order valence-corrected chi connectivity index (χ3v) is 3.57. The zero-order valence-electron chi connectivity index (χ0n) is 11.9. The Hall–Kier alpha value is -2.20. The van der Waals surface area contributed by atoms with Crippen molar-refractivity contribution in [1.82, 2.24) is 5.32 Å². The van der Waals surface area contributed by atoms with Crippen LogP contribution in [0, 0.1) is 0 Å². The lowest BCUT2D eigenvalue weighted by atomic mass is 10.1. The van der Waals surface area contributed by atoms with Crippen LogP contribution in [0.1, 0.15) is 28.9 Å². The number of ether oxygens (including phenoxy) is 1. The van der Waals surface area contributed by atoms with E-state index in [1.54, 1.807) is 31.4 Å². The van der Waals surface area contributed by atoms with E-state index in [-0.39, 0.29) is 11.9 Å². The van der Waals surface area contributed by atoms with Crippen LogP contribution < -0.4 is 15.8 Å². The number of methoxy groups -OCH3 is 1. The molecule has 0 aliphatic carbocycles. The largest absolute Gasteiger partial charge is 0.497 e. The predicted molar refractivity (Wildman–Crippen MR) is 84.7 cm³/mol. The molecule has 0 saturated heterocycles. The smallest absolute Gasteiger partial charge is 0.253 e. The van der Waals surface area contributed by atoms with Gasteiger partial charge in [0.05, 0.1) is 18.7 Å². The summed E-state index contributed by atoms with van der Waals surface area (Å²) in [6.07, 6.45) is 0. The zero-order chi connectivity index (χ0) is 15.4. The van der Waals surface area contributed by atoms with Crippen molar-refractivity contribution in [2.75, 3.05) is 12.8 Å². The van der Waals surface area contributed by atoms with Crippen LogP contribution in [0.2, 0.25) is 5.02 Å². The van der Waals surface area contributed by atoms with Crippen molar-refractivity contribution in [3.8, 4) is 5.75 Å². The van der Waals surface area contributed by atoms with E-state index >= 15 is 0 Å². The lowest BCUT2D eigenvalue weighted by molar-refractivity contribution is 0.0941. The Labute approximate surface area is 128 Å². The van der Waals surface area contributed by atoms with Crippen molar-refractivity contribution >= 4 is 23.2 Å². The standard InChI is InChI=1S/C16H17ClN2O2/c1-10(12-5-3-4-6-14(12)17)19-16(20)13-8-7-11(21-2)9-15(13)18/h3-10H,18H2,1-2H3,(H,19,20)/t10-/m0/s1. The Bertz CT molecular complexity index is 658. The minimum atomic E-state index is -0.248. The van der Waals surface area contributed by atoms with Gasteiger partial charge in [0.2, 0.25) is 0 Å². The average molecular weight is 305 g/mol. The second kappa shape index (κ2) is 6.50. The molecule has 0 aliphatic rings. The third kappa shape index (κ3) is 3.47. The summed E-state index contributed by atoms with van der Waals surface area (Å²) < 4.78 is 5.07. The highest BCUT2D eigenvalue weighted by Gasteiger charge is 2.15. The van der Waals surface area contributed by atoms with Crippen LogP contribution in [0.5, 0.6) is 5.75 Å². The number of nitrogens with two attached hydrogens (primary N) is 1. The lowest BCUT2D eigenvalue weighted by Gasteiger charge is -2.16. The highest BCUT2D eigenvalue weighted by Crippen LogP contribution is 2.24. The van der Waals surface area contributed by atoms with E-state index in [1.165, 1.54) is 0 Å². The fourth-order valence-electron chi connectivity index (χ4n) is 2.05. The number of amides is 1. The molecule has 2 aromatic carbocycles. The fourth-order valence-corrected chi connectivity index (χ4v) is 2.35. The molecule has 0 radical (unpaired) electrons. The molecule has 0 aromatic heterocycles. The monoisotopic (exact) mass is 304 g/mol. The zero-order valence-corrected chi connectivity index (χ0v) is 12.6. The molecule has 21 heavy (non-hydrogen) atoms. The number of nitrogens with one attached hydrogen (secondary N) is 1. The molecule has 2 aromatic rings. The number of anilines is 1. The van der Waals surface area contributed by atoms with Crippen molar-refractivity contribution < 1.29 is 9.53 Å². The van der Waals surface area contributed by atoms with E-state index in [0.29, 0.717) is 22.0 Å². The van der Waals surface area contributed by atoms with Crippen LogP contribution in [0.15, 0.2) is 42.5 Å². The van der Waals surface area contributed by atoms with Gasteiger partial charge in [-0.25, -0.2) is 0 Å². The summed E-state index contributed by atoms with van der Waals surface area (Å²) in [5, 5.41) is 3.51. The molecule has 0 heterocycles. The van der Waals surface area contributed by atoms with Gasteiger partial charge in [-0.3, -0.25) is 4.79 Å². The molecule has 0 unspecified atom stereocenters. The van der Waals surface area contributed by atoms with Crippen molar-refractivity contribution in [3.63, 3.8) is 0 Å². The van der Waals surface area contributed by atoms with Gasteiger partial charge in [0.1, 0.15) is 5.75 Å². The first-order valence-corrected chi connectivity index (χ1v) is 6.89. The quantitative estimate of drug-likeness (QED) is 0.851. The summed E-state index contributed by atoms with van der Waals surface area (Å²) >= 11 is 6.13. The minimum Gasteiger partial charge on any atom is -0.497 e. The van der Waals surface area contributed by atoms with E-state index in [9.17, 15) is 4.79 Å². The Balaban J connectivity index is 2.16. The summed E-state index contributed by atoms with van der Waals surface area (Å²) in [7, 11) is 1.55. The van der Waals surface area contributed by atoms with Crippen LogP contribution in [0.3, 0.4) is 0 Å². The fraction of sp³-hybridized carbons (Fsp3) is 0.188. The van der Waals surface area contributed by atoms with Gasteiger partial charge in [-0.2, -0.15) is 0 Å². The second-order valence-corrected chi connectivity index (χ2v) is 5.08. The summed E-state index contributed by atoms with van der Waals surface area (Å²) in [6, 6.07) is 12.1. The molecule has 0 bridgehead atoms. The number of nitrogen functional groups attached to an aromatic ring is 1. The van der Waals surface area contributed by atoms with E-state index in [1.807, 2.05) is 25.1 Å². The molecule has 3 N–H and O–H groups in total. The molecule has 1 atom stereocenters. The van der Waals surface area contributed by atoms with Gasteiger partial charge in [-0.15, -0.1) is 0 Å². The van der Waals surface area contributed by atoms with Crippen molar-refractivity contribution in [3.05, 3.63) is 58.6 Å². The number of hydrogen-bond acceptors (Lipinski definition) is 3. The maximum absolute atomic E-state index is 12.3. The summed E-state index contributed by atoms with van der Waals surface area (Å²) in [5.74, 6) is 0.366. The summed E-state index contributed by atoms with van der Waals surface area (Å²) in [4.78, 5) is 12.3. The normalized spacial score (nSPS) is 11.8. The highest BCUT2D eigenvalue weighted by molar-refractivity contribution is 6.31. The number of benzene rings is 2. The van der Waals surface area contributed by atoms with Gasteiger partial charge in [0, 0.05) is 16.8 Å². The highest BCUT2D eigenvalue weighted by atomic mass is 35.5. The molecule has 0 saturated carbocycles. The Morgan fingerprint density at radius 2 is 2.00 bits per heavy atom. The van der Waals surface area contributed by atoms with Gasteiger partial charge in [0.15, 0.2) is 0 Å². The molecule has 110 valence electrons. The lowest BCUT2D eigenvalue weighted by Crippen LogP contribution is -2.27. The van der Waals surface area contributed by atoms with Crippen LogP contribution >= 0.6 is 11.6 Å². The average Bonchev–Trinajstić information content (AvgIpc) is 2.47. The first-order chi connectivity index (χ1) is 10.0. The molecule has 2 rings (SSSR count). The number of rotatable bonds is 4. The van der Waals surface area contributed by atoms with Crippen molar-refractivity contribution in [1.29, 1.82) is 0 Å². The van der Waals surface area contributed by atoms with E-state index in [4.69, 9.17) is 22.1 Å². The van der Waals surface area contributed by atoms with E-state index < -0.39 is 0 Å². The van der Waals surface area contributed by atoms with Gasteiger partial charge in [0.25, 0.3) is 5.91 Å². The Morgan fingerprint density at radius 3 is 2.62 bits per heavy atom. The maximum atomic E-state index is 12.3. The van der Waals surface area contributed by atoms with E-state index in [2.05, 4.69) is 5.32 Å². The van der Waals surface area contributed by atoms with Crippen molar-refractivity contribution in [2.24, 2.45) is 0 Å². The SMILES string of the molecule is COc1ccc(C(=O)N[C@@H](C)c2ccccc2Cl)c(N)c1. The van der Waals surface area contributed by atoms with E-state index in [0.717, 1.165) is 5.56 Å². The van der Waals surface area contributed by atoms with Crippen LogP contribution in [-0.4, -0.2) is 13.0 Å². The third-order valence-electron chi connectivity index (χ3n) is 3.22. The minimum absolute atomic E-state index is 0.215. The molecule has 4 nitrogen and oxygen atoms in total. The van der Waals surface area contributed by atoms with Gasteiger partial charge < -0.3 is 15.8 Å². The van der Waals surface area contributed by atoms with Crippen molar-refractivity contribution in [2.45, 2.75) is 13.0 Å². The number of hydrogen-bond donors (Lipinski definition) is 2. The van der Waals surface area contributed by atoms with Gasteiger partial charge in [-0.05, 0) is 30.7 Å². The first-order valence-electron chi connectivity index (χ1n) is 6.51. The number of halogens is 1. The molecule has 1 amide bonds. The summed E-state index contributed by atoms with van der Waals surface area (Å²) in [6.45, 7) is 1.87. The Kier molecular flexibility index (Phi) is 4.70. The predicted octanol–water partition coefficient (Wildman–Crippen LogP) is 3.42. The molecule has 0 spiro atoms. The topological polar surface area (TPSA) is 64.3 Å². The maximum Gasteiger partial charge on any atom is 0.253 e. The van der Waals surface area contributed by atoms with Crippen LogP contribution in [-0.2, 0) is 0 Å². The molecule has 0 aliphatic heterocycles. The van der Waals surface area contributed by atoms with Gasteiger partial charge in [-0.1, -0.05) is 29.8 Å². The van der Waals surface area contributed by atoms with Crippen LogP contribution in [0.4, 0.5) is 5.69 Å².